The van der Waals surface area contributed by atoms with Gasteiger partial charge in [-0.2, -0.15) is 0 Å². The van der Waals surface area contributed by atoms with Gasteiger partial charge in [0.15, 0.2) is 0 Å². The minimum Gasteiger partial charge on any atom is -0.487 e. The Hall–Kier alpha value is -2.03. The number of nitrogens with one attached hydrogen (secondary N) is 1. The summed E-state index contributed by atoms with van der Waals surface area (Å²) in [5.41, 5.74) is 0.888. The summed E-state index contributed by atoms with van der Waals surface area (Å²) < 4.78 is 36.5. The lowest BCUT2D eigenvalue weighted by atomic mass is 9.84. The van der Waals surface area contributed by atoms with E-state index < -0.39 is 21.7 Å². The van der Waals surface area contributed by atoms with Crippen LogP contribution in [-0.2, 0) is 10.0 Å². The maximum Gasteiger partial charge on any atom is 0.255 e. The highest BCUT2D eigenvalue weighted by atomic mass is 32.2. The normalized spacial score (nSPS) is 20.0. The van der Waals surface area contributed by atoms with Gasteiger partial charge in [-0.05, 0) is 56.2 Å². The second kappa shape index (κ2) is 10.9. The van der Waals surface area contributed by atoms with Crippen molar-refractivity contribution in [3.05, 3.63) is 53.6 Å². The molecule has 2 heterocycles. The summed E-state index contributed by atoms with van der Waals surface area (Å²) in [6, 6.07) is 12.1. The van der Waals surface area contributed by atoms with E-state index in [1.54, 1.807) is 18.2 Å². The van der Waals surface area contributed by atoms with Gasteiger partial charge in [-0.1, -0.05) is 44.9 Å². The Bertz CT molecular complexity index is 1150. The van der Waals surface area contributed by atoms with Crippen molar-refractivity contribution in [3.8, 4) is 5.75 Å². The molecule has 0 aromatic heterocycles. The van der Waals surface area contributed by atoms with E-state index in [9.17, 15) is 13.2 Å². The summed E-state index contributed by atoms with van der Waals surface area (Å²) in [5, 5.41) is 0. The van der Waals surface area contributed by atoms with Crippen molar-refractivity contribution < 1.29 is 17.9 Å². The van der Waals surface area contributed by atoms with Crippen molar-refractivity contribution >= 4 is 27.7 Å². The number of amides is 1. The molecule has 190 valence electrons. The fraction of sp³-hybridized carbons (Fsp3) is 0.519. The maximum atomic E-state index is 13.6. The third-order valence-corrected chi connectivity index (χ3v) is 9.65. The predicted molar refractivity (Wildman–Crippen MR) is 141 cm³/mol. The van der Waals surface area contributed by atoms with Crippen LogP contribution in [0.4, 0.5) is 0 Å². The second-order valence-corrected chi connectivity index (χ2v) is 12.0. The molecule has 0 bridgehead atoms. The molecule has 1 atom stereocenters. The fourth-order valence-corrected chi connectivity index (χ4v) is 6.94. The van der Waals surface area contributed by atoms with Crippen LogP contribution in [0, 0.1) is 0 Å². The van der Waals surface area contributed by atoms with Crippen LogP contribution in [0.15, 0.2) is 52.3 Å². The van der Waals surface area contributed by atoms with Crippen molar-refractivity contribution in [1.29, 1.82) is 0 Å². The van der Waals surface area contributed by atoms with Crippen LogP contribution in [-0.4, -0.2) is 44.2 Å². The number of para-hydroxylation sites is 1. The number of benzene rings is 2. The van der Waals surface area contributed by atoms with Gasteiger partial charge in [-0.25, -0.2) is 13.1 Å². The highest BCUT2D eigenvalue weighted by Gasteiger charge is 2.40. The van der Waals surface area contributed by atoms with Crippen molar-refractivity contribution in [1.82, 2.24) is 9.62 Å². The van der Waals surface area contributed by atoms with Crippen LogP contribution in [0.3, 0.4) is 0 Å². The summed E-state index contributed by atoms with van der Waals surface area (Å²) in [6.45, 7) is 5.59. The van der Waals surface area contributed by atoms with Gasteiger partial charge < -0.3 is 9.64 Å². The molecule has 0 aliphatic carbocycles. The number of rotatable bonds is 7. The SMILES string of the molecule is CCC1(CC)C[C@@H](NS(=O)(=O)c2ccc(SC)c(C(=O)N3CCCCCC3)c2)c2ccccc2O1. The van der Waals surface area contributed by atoms with E-state index in [1.165, 1.54) is 11.8 Å². The van der Waals surface area contributed by atoms with E-state index in [1.807, 2.05) is 35.4 Å². The quantitative estimate of drug-likeness (QED) is 0.472. The molecule has 2 aliphatic heterocycles. The third kappa shape index (κ3) is 5.54. The van der Waals surface area contributed by atoms with E-state index in [-0.39, 0.29) is 10.8 Å². The Balaban J connectivity index is 1.66. The molecule has 1 N–H and O–H groups in total. The molecule has 2 aromatic rings. The van der Waals surface area contributed by atoms with Gasteiger partial charge in [0.25, 0.3) is 5.91 Å². The predicted octanol–water partition coefficient (Wildman–Crippen LogP) is 5.79. The number of hydrogen-bond acceptors (Lipinski definition) is 5. The van der Waals surface area contributed by atoms with Crippen molar-refractivity contribution in [2.45, 2.75) is 80.2 Å². The van der Waals surface area contributed by atoms with Crippen molar-refractivity contribution in [2.75, 3.05) is 19.3 Å². The van der Waals surface area contributed by atoms with Crippen LogP contribution in [0.1, 0.15) is 80.8 Å². The van der Waals surface area contributed by atoms with Crippen molar-refractivity contribution in [2.24, 2.45) is 0 Å². The molecule has 2 aromatic carbocycles. The Morgan fingerprint density at radius 1 is 1.09 bits per heavy atom. The fourth-order valence-electron chi connectivity index (χ4n) is 5.13. The zero-order chi connectivity index (χ0) is 25.1. The van der Waals surface area contributed by atoms with E-state index in [0.29, 0.717) is 12.0 Å². The standard InChI is InChI=1S/C27H36N2O4S2/c1-4-27(5-2)19-23(21-12-8-9-13-24(21)33-27)28-35(31,32)20-14-15-25(34-3)22(18-20)26(30)29-16-10-6-7-11-17-29/h8-9,12-15,18,23,28H,4-7,10-11,16-17,19H2,1-3H3/t23-/m1/s1. The average Bonchev–Trinajstić information content (AvgIpc) is 3.17. The Morgan fingerprint density at radius 2 is 1.77 bits per heavy atom. The van der Waals surface area contributed by atoms with Gasteiger partial charge in [-0.15, -0.1) is 11.8 Å². The molecule has 6 nitrogen and oxygen atoms in total. The first kappa shape index (κ1) is 26.0. The zero-order valence-corrected chi connectivity index (χ0v) is 22.5. The van der Waals surface area contributed by atoms with Crippen LogP contribution in [0.5, 0.6) is 5.75 Å². The van der Waals surface area contributed by atoms with Gasteiger partial charge >= 0.3 is 0 Å². The molecular formula is C27H36N2O4S2. The average molecular weight is 517 g/mol. The lowest BCUT2D eigenvalue weighted by Crippen LogP contribution is -2.44. The molecule has 35 heavy (non-hydrogen) atoms. The number of ether oxygens (including phenoxy) is 1. The number of carbonyl (C=O) groups is 1. The van der Waals surface area contributed by atoms with Crippen LogP contribution >= 0.6 is 11.8 Å². The first-order chi connectivity index (χ1) is 16.8. The largest absolute Gasteiger partial charge is 0.487 e. The molecular weight excluding hydrogens is 480 g/mol. The molecule has 0 radical (unpaired) electrons. The molecule has 0 saturated carbocycles. The summed E-state index contributed by atoms with van der Waals surface area (Å²) in [5.74, 6) is 0.644. The Morgan fingerprint density at radius 3 is 2.43 bits per heavy atom. The van der Waals surface area contributed by atoms with Gasteiger partial charge in [0.1, 0.15) is 11.4 Å². The van der Waals surface area contributed by atoms with E-state index in [2.05, 4.69) is 18.6 Å². The Labute approximate surface area is 213 Å². The third-order valence-electron chi connectivity index (χ3n) is 7.39. The lowest BCUT2D eigenvalue weighted by Gasteiger charge is -2.41. The smallest absolute Gasteiger partial charge is 0.255 e. The molecule has 1 amide bonds. The molecule has 0 unspecified atom stereocenters. The number of carbonyl (C=O) groups excluding carboxylic acids is 1. The molecule has 2 aliphatic rings. The number of likely N-dealkylation sites (tertiary alicyclic amines) is 1. The maximum absolute atomic E-state index is 13.6. The highest BCUT2D eigenvalue weighted by molar-refractivity contribution is 7.98. The molecule has 8 heteroatoms. The first-order valence-electron chi connectivity index (χ1n) is 12.6. The van der Waals surface area contributed by atoms with Crippen LogP contribution < -0.4 is 9.46 Å². The lowest BCUT2D eigenvalue weighted by molar-refractivity contribution is 0.0260. The van der Waals surface area contributed by atoms with E-state index in [4.69, 9.17) is 4.74 Å². The number of thioether (sulfide) groups is 1. The number of hydrogen-bond donors (Lipinski definition) is 1. The minimum atomic E-state index is -3.87. The van der Waals surface area contributed by atoms with Crippen LogP contribution in [0.2, 0.25) is 0 Å². The van der Waals surface area contributed by atoms with Gasteiger partial charge in [0.05, 0.1) is 16.5 Å². The number of sulfonamides is 1. The molecule has 1 fully saturated rings. The van der Waals surface area contributed by atoms with Crippen molar-refractivity contribution in [3.63, 3.8) is 0 Å². The first-order valence-corrected chi connectivity index (χ1v) is 15.3. The second-order valence-electron chi connectivity index (χ2n) is 9.48. The molecule has 4 rings (SSSR count). The topological polar surface area (TPSA) is 75.7 Å². The number of nitrogens with zero attached hydrogens (tertiary/aromatic N) is 1. The highest BCUT2D eigenvalue weighted by Crippen LogP contribution is 2.43. The summed E-state index contributed by atoms with van der Waals surface area (Å²) in [7, 11) is -3.87. The van der Waals surface area contributed by atoms with Gasteiger partial charge in [-0.3, -0.25) is 4.79 Å². The molecule has 0 spiro atoms. The Kier molecular flexibility index (Phi) is 8.13. The minimum absolute atomic E-state index is 0.0827. The van der Waals surface area contributed by atoms with Gasteiger partial charge in [0.2, 0.25) is 10.0 Å². The summed E-state index contributed by atoms with van der Waals surface area (Å²) in [6.07, 6.45) is 8.26. The zero-order valence-electron chi connectivity index (χ0n) is 20.9. The summed E-state index contributed by atoms with van der Waals surface area (Å²) in [4.78, 5) is 16.2. The van der Waals surface area contributed by atoms with Crippen LogP contribution in [0.25, 0.3) is 0 Å². The number of fused-ring (bicyclic) bond motifs is 1. The van der Waals surface area contributed by atoms with E-state index in [0.717, 1.165) is 67.8 Å². The van der Waals surface area contributed by atoms with Gasteiger partial charge in [0, 0.05) is 30.0 Å². The van der Waals surface area contributed by atoms with E-state index >= 15 is 0 Å². The molecule has 1 saturated heterocycles. The summed E-state index contributed by atoms with van der Waals surface area (Å²) >= 11 is 1.47. The monoisotopic (exact) mass is 516 g/mol.